The molecule has 4 bridgehead atoms. The molecule has 6 rings (SSSR count). The Hall–Kier alpha value is -1.71. The van der Waals surface area contributed by atoms with Gasteiger partial charge in [-0.2, -0.15) is 0 Å². The first-order chi connectivity index (χ1) is 15.8. The summed E-state index contributed by atoms with van der Waals surface area (Å²) in [5.74, 6) is 2.25. The van der Waals surface area contributed by atoms with Crippen LogP contribution in [0.3, 0.4) is 0 Å². The van der Waals surface area contributed by atoms with Crippen molar-refractivity contribution in [2.75, 3.05) is 25.0 Å². The van der Waals surface area contributed by atoms with Gasteiger partial charge >= 0.3 is 6.03 Å². The van der Waals surface area contributed by atoms with E-state index in [0.29, 0.717) is 11.7 Å². The summed E-state index contributed by atoms with van der Waals surface area (Å²) >= 11 is 1.44. The summed E-state index contributed by atoms with van der Waals surface area (Å²) in [5.41, 5.74) is 0.957. The van der Waals surface area contributed by atoms with E-state index in [0.717, 1.165) is 62.3 Å². The number of carbonyl (C=O) groups is 2. The molecule has 0 spiro atoms. The van der Waals surface area contributed by atoms with E-state index in [4.69, 9.17) is 4.74 Å². The van der Waals surface area contributed by atoms with E-state index < -0.39 is 0 Å². The van der Waals surface area contributed by atoms with Gasteiger partial charge in [0.05, 0.1) is 17.9 Å². The van der Waals surface area contributed by atoms with Gasteiger partial charge in [-0.15, -0.1) is 11.3 Å². The molecule has 4 aliphatic carbocycles. The van der Waals surface area contributed by atoms with E-state index in [2.05, 4.69) is 39.7 Å². The summed E-state index contributed by atoms with van der Waals surface area (Å²) in [6.45, 7) is 7.04. The zero-order valence-electron chi connectivity index (χ0n) is 19.8. The van der Waals surface area contributed by atoms with Gasteiger partial charge in [0.1, 0.15) is 0 Å². The maximum Gasteiger partial charge on any atom is 0.315 e. The lowest BCUT2D eigenvalue weighted by atomic mass is 9.53. The van der Waals surface area contributed by atoms with E-state index in [1.807, 2.05) is 5.38 Å². The number of rotatable bonds is 7. The Morgan fingerprint density at radius 2 is 1.76 bits per heavy atom. The molecule has 1 saturated heterocycles. The number of carbonyl (C=O) groups excluding carboxylic acids is 2. The number of hydrogen-bond acceptors (Lipinski definition) is 6. The summed E-state index contributed by atoms with van der Waals surface area (Å²) in [4.78, 5) is 31.8. The minimum Gasteiger partial charge on any atom is -0.373 e. The fraction of sp³-hybridized carbons (Fsp3) is 0.792. The fourth-order valence-corrected chi connectivity index (χ4v) is 7.82. The van der Waals surface area contributed by atoms with Crippen LogP contribution in [0.4, 0.5) is 9.93 Å². The molecule has 1 aromatic heterocycles. The number of thiazole rings is 1. The molecule has 1 aromatic rings. The molecule has 1 aliphatic heterocycles. The van der Waals surface area contributed by atoms with Crippen molar-refractivity contribution in [3.05, 3.63) is 11.1 Å². The van der Waals surface area contributed by atoms with Crippen LogP contribution in [0.25, 0.3) is 0 Å². The Kier molecular flexibility index (Phi) is 6.64. The number of ether oxygens (including phenoxy) is 1. The molecule has 0 aromatic carbocycles. The second kappa shape index (κ2) is 9.50. The molecule has 2 atom stereocenters. The average Bonchev–Trinajstić information content (AvgIpc) is 3.12. The van der Waals surface area contributed by atoms with Gasteiger partial charge in [0.15, 0.2) is 5.13 Å². The van der Waals surface area contributed by atoms with Gasteiger partial charge in [-0.05, 0) is 70.1 Å². The minimum atomic E-state index is -0.129. The van der Waals surface area contributed by atoms with Crippen molar-refractivity contribution < 1.29 is 14.3 Å². The SMILES string of the molecule is CC1CN(Cc2csc(NC(=O)CCNC(=O)NC34CC5CC(CC(C5)C3)C4)n2)CC(C)O1. The summed E-state index contributed by atoms with van der Waals surface area (Å²) in [5, 5.41) is 11.7. The van der Waals surface area contributed by atoms with Gasteiger partial charge in [-0.1, -0.05) is 0 Å². The Balaban J connectivity index is 1.02. The van der Waals surface area contributed by atoms with Crippen LogP contribution >= 0.6 is 11.3 Å². The highest BCUT2D eigenvalue weighted by atomic mass is 32.1. The Morgan fingerprint density at radius 3 is 2.39 bits per heavy atom. The highest BCUT2D eigenvalue weighted by molar-refractivity contribution is 7.13. The highest BCUT2D eigenvalue weighted by Crippen LogP contribution is 2.55. The summed E-state index contributed by atoms with van der Waals surface area (Å²) in [7, 11) is 0. The van der Waals surface area contributed by atoms with Crippen molar-refractivity contribution in [1.29, 1.82) is 0 Å². The highest BCUT2D eigenvalue weighted by Gasteiger charge is 2.51. The second-order valence-corrected chi connectivity index (χ2v) is 11.8. The third-order valence-corrected chi connectivity index (χ3v) is 8.54. The number of aromatic nitrogens is 1. The summed E-state index contributed by atoms with van der Waals surface area (Å²) in [6, 6.07) is -0.129. The molecule has 2 unspecified atom stereocenters. The van der Waals surface area contributed by atoms with E-state index in [1.54, 1.807) is 0 Å². The molecule has 5 aliphatic rings. The molecule has 2 heterocycles. The molecule has 3 N–H and O–H groups in total. The largest absolute Gasteiger partial charge is 0.373 e. The topological polar surface area (TPSA) is 95.6 Å². The number of hydrogen-bond donors (Lipinski definition) is 3. The first-order valence-corrected chi connectivity index (χ1v) is 13.4. The van der Waals surface area contributed by atoms with Gasteiger partial charge < -0.3 is 20.7 Å². The van der Waals surface area contributed by atoms with Gasteiger partial charge in [-0.3, -0.25) is 9.69 Å². The summed E-state index contributed by atoms with van der Waals surface area (Å²) in [6.07, 6.45) is 8.12. The first kappa shape index (κ1) is 23.1. The molecule has 0 radical (unpaired) electrons. The number of amides is 3. The Bertz CT molecular complexity index is 829. The van der Waals surface area contributed by atoms with E-state index in [1.165, 1.54) is 30.6 Å². The molecule has 4 saturated carbocycles. The molecule has 3 amide bonds. The van der Waals surface area contributed by atoms with E-state index in [9.17, 15) is 9.59 Å². The molecule has 182 valence electrons. The molecule has 9 heteroatoms. The van der Waals surface area contributed by atoms with Crippen molar-refractivity contribution in [2.45, 2.75) is 83.1 Å². The second-order valence-electron chi connectivity index (χ2n) is 11.0. The number of nitrogens with zero attached hydrogens (tertiary/aromatic N) is 2. The van der Waals surface area contributed by atoms with Crippen LogP contribution in [0.5, 0.6) is 0 Å². The smallest absolute Gasteiger partial charge is 0.315 e. The monoisotopic (exact) mass is 475 g/mol. The number of urea groups is 1. The van der Waals surface area contributed by atoms with Crippen LogP contribution in [0, 0.1) is 17.8 Å². The standard InChI is InChI=1S/C24H37N5O3S/c1-15-11-29(12-16(2)32-15)13-20-14-33-23(26-20)27-21(30)3-4-25-22(31)28-24-8-17-5-18(9-24)7-19(6-17)10-24/h14-19H,3-13H2,1-2H3,(H2,25,28,31)(H,26,27,30). The van der Waals surface area contributed by atoms with Crippen molar-refractivity contribution in [1.82, 2.24) is 20.5 Å². The normalized spacial score (nSPS) is 35.4. The van der Waals surface area contributed by atoms with Crippen LogP contribution in [0.15, 0.2) is 5.38 Å². The van der Waals surface area contributed by atoms with Crippen molar-refractivity contribution in [3.8, 4) is 0 Å². The molecule has 33 heavy (non-hydrogen) atoms. The summed E-state index contributed by atoms with van der Waals surface area (Å²) < 4.78 is 5.78. The van der Waals surface area contributed by atoms with E-state index >= 15 is 0 Å². The number of morpholine rings is 1. The van der Waals surface area contributed by atoms with Crippen LogP contribution in [-0.2, 0) is 16.1 Å². The van der Waals surface area contributed by atoms with Gasteiger partial charge in [-0.25, -0.2) is 9.78 Å². The third kappa shape index (κ3) is 5.69. The molecular weight excluding hydrogens is 438 g/mol. The van der Waals surface area contributed by atoms with Gasteiger partial charge in [0.2, 0.25) is 5.91 Å². The van der Waals surface area contributed by atoms with Crippen LogP contribution in [0.1, 0.15) is 64.5 Å². The van der Waals surface area contributed by atoms with Crippen molar-refractivity contribution in [3.63, 3.8) is 0 Å². The van der Waals surface area contributed by atoms with Gasteiger partial charge in [0.25, 0.3) is 0 Å². The Morgan fingerprint density at radius 1 is 1.12 bits per heavy atom. The average molecular weight is 476 g/mol. The van der Waals surface area contributed by atoms with Crippen molar-refractivity contribution in [2.24, 2.45) is 17.8 Å². The molecular formula is C24H37N5O3S. The fourth-order valence-electron chi connectivity index (χ4n) is 7.10. The predicted octanol–water partition coefficient (Wildman–Crippen LogP) is 3.35. The minimum absolute atomic E-state index is 0.00551. The van der Waals surface area contributed by atoms with Crippen LogP contribution in [-0.4, -0.2) is 59.2 Å². The van der Waals surface area contributed by atoms with Crippen molar-refractivity contribution >= 4 is 28.4 Å². The maximum absolute atomic E-state index is 12.5. The first-order valence-electron chi connectivity index (χ1n) is 12.5. The quantitative estimate of drug-likeness (QED) is 0.562. The zero-order chi connectivity index (χ0) is 23.0. The lowest BCUT2D eigenvalue weighted by Gasteiger charge is -2.56. The van der Waals surface area contributed by atoms with Gasteiger partial charge in [0, 0.05) is 43.5 Å². The lowest BCUT2D eigenvalue weighted by Crippen LogP contribution is -2.61. The van der Waals surface area contributed by atoms with Crippen LogP contribution < -0.4 is 16.0 Å². The molecule has 8 nitrogen and oxygen atoms in total. The van der Waals surface area contributed by atoms with Crippen LogP contribution in [0.2, 0.25) is 0 Å². The zero-order valence-corrected chi connectivity index (χ0v) is 20.6. The Labute approximate surface area is 200 Å². The number of nitrogens with one attached hydrogen (secondary N) is 3. The predicted molar refractivity (Wildman–Crippen MR) is 128 cm³/mol. The lowest BCUT2D eigenvalue weighted by molar-refractivity contribution is -0.116. The number of anilines is 1. The maximum atomic E-state index is 12.5. The third-order valence-electron chi connectivity index (χ3n) is 7.73. The van der Waals surface area contributed by atoms with E-state index in [-0.39, 0.29) is 36.1 Å². The molecule has 5 fully saturated rings.